The third-order valence-corrected chi connectivity index (χ3v) is 2.22. The van der Waals surface area contributed by atoms with Crippen molar-refractivity contribution < 1.29 is 14.1 Å². The van der Waals surface area contributed by atoms with E-state index in [0.717, 1.165) is 25.0 Å². The quantitative estimate of drug-likeness (QED) is 0.454. The van der Waals surface area contributed by atoms with Gasteiger partial charge in [-0.3, -0.25) is 10.1 Å². The van der Waals surface area contributed by atoms with E-state index in [4.69, 9.17) is 16.3 Å². The van der Waals surface area contributed by atoms with Gasteiger partial charge < -0.3 is 4.74 Å². The van der Waals surface area contributed by atoms with Gasteiger partial charge in [-0.05, 0) is 6.42 Å². The van der Waals surface area contributed by atoms with Gasteiger partial charge in [0.1, 0.15) is 0 Å². The highest BCUT2D eigenvalue weighted by atomic mass is 35.5. The van der Waals surface area contributed by atoms with E-state index in [9.17, 15) is 14.5 Å². The molecule has 0 amide bonds. The Kier molecular flexibility index (Phi) is 4.49. The Bertz CT molecular complexity index is 398. The molecule has 0 heterocycles. The average molecular weight is 248 g/mol. The summed E-state index contributed by atoms with van der Waals surface area (Å²) in [6.45, 7) is 2.27. The van der Waals surface area contributed by atoms with Crippen molar-refractivity contribution in [3.63, 3.8) is 0 Å². The first kappa shape index (κ1) is 12.7. The molecule has 0 spiro atoms. The summed E-state index contributed by atoms with van der Waals surface area (Å²) >= 11 is 5.52. The molecule has 0 unspecified atom stereocenters. The molecule has 0 atom stereocenters. The van der Waals surface area contributed by atoms with E-state index in [-0.39, 0.29) is 16.5 Å². The van der Waals surface area contributed by atoms with Crippen molar-refractivity contribution in [3.05, 3.63) is 33.1 Å². The molecule has 0 aliphatic carbocycles. The Hall–Kier alpha value is -1.36. The molecular formula is C10H11ClFNO3. The smallest absolute Gasteiger partial charge is 0.274 e. The van der Waals surface area contributed by atoms with E-state index in [1.165, 1.54) is 0 Å². The molecule has 1 aromatic carbocycles. The van der Waals surface area contributed by atoms with Gasteiger partial charge in [0.05, 0.1) is 22.6 Å². The number of ether oxygens (including phenoxy) is 1. The molecule has 0 N–H and O–H groups in total. The molecule has 4 nitrogen and oxygen atoms in total. The maximum absolute atomic E-state index is 13.4. The van der Waals surface area contributed by atoms with E-state index in [1.54, 1.807) is 0 Å². The normalized spacial score (nSPS) is 10.2. The summed E-state index contributed by atoms with van der Waals surface area (Å²) in [4.78, 5) is 9.87. The predicted octanol–water partition coefficient (Wildman–Crippen LogP) is 3.57. The summed E-state index contributed by atoms with van der Waals surface area (Å²) in [6.07, 6.45) is 1.64. The van der Waals surface area contributed by atoms with Gasteiger partial charge in [0.25, 0.3) is 5.69 Å². The van der Waals surface area contributed by atoms with Crippen LogP contribution in [0.5, 0.6) is 5.75 Å². The highest BCUT2D eigenvalue weighted by Crippen LogP contribution is 2.30. The van der Waals surface area contributed by atoms with Crippen molar-refractivity contribution in [1.82, 2.24) is 0 Å². The lowest BCUT2D eigenvalue weighted by molar-refractivity contribution is -0.385. The van der Waals surface area contributed by atoms with Crippen molar-refractivity contribution in [2.75, 3.05) is 6.61 Å². The first-order chi connectivity index (χ1) is 7.56. The number of benzene rings is 1. The van der Waals surface area contributed by atoms with Crippen LogP contribution in [0.25, 0.3) is 0 Å². The monoisotopic (exact) mass is 247 g/mol. The molecule has 16 heavy (non-hydrogen) atoms. The second-order valence-corrected chi connectivity index (χ2v) is 3.61. The van der Waals surface area contributed by atoms with Gasteiger partial charge in [-0.25, -0.2) is 4.39 Å². The molecule has 0 fully saturated rings. The minimum atomic E-state index is -0.761. The summed E-state index contributed by atoms with van der Waals surface area (Å²) in [7, 11) is 0. The van der Waals surface area contributed by atoms with Crippen molar-refractivity contribution in [2.45, 2.75) is 19.8 Å². The molecule has 0 aromatic heterocycles. The molecule has 1 rings (SSSR count). The fraction of sp³-hybridized carbons (Fsp3) is 0.400. The van der Waals surface area contributed by atoms with E-state index >= 15 is 0 Å². The van der Waals surface area contributed by atoms with Crippen LogP contribution in [0.2, 0.25) is 5.02 Å². The van der Waals surface area contributed by atoms with Crippen molar-refractivity contribution in [2.24, 2.45) is 0 Å². The molecule has 1 aromatic rings. The van der Waals surface area contributed by atoms with Crippen LogP contribution < -0.4 is 4.74 Å². The minimum Gasteiger partial charge on any atom is -0.490 e. The molecule has 0 saturated heterocycles. The Morgan fingerprint density at radius 1 is 1.56 bits per heavy atom. The molecule has 0 aliphatic rings. The fourth-order valence-electron chi connectivity index (χ4n) is 1.09. The summed E-state index contributed by atoms with van der Waals surface area (Å²) in [5, 5.41) is 10.2. The predicted molar refractivity (Wildman–Crippen MR) is 58.5 cm³/mol. The van der Waals surface area contributed by atoms with Gasteiger partial charge in [0.2, 0.25) is 0 Å². The molecule has 0 radical (unpaired) electrons. The van der Waals surface area contributed by atoms with Gasteiger partial charge in [0.15, 0.2) is 11.6 Å². The number of hydrogen-bond acceptors (Lipinski definition) is 3. The Morgan fingerprint density at radius 3 is 2.81 bits per heavy atom. The van der Waals surface area contributed by atoms with E-state index in [2.05, 4.69) is 0 Å². The Balaban J connectivity index is 2.93. The fourth-order valence-corrected chi connectivity index (χ4v) is 1.29. The Morgan fingerprint density at radius 2 is 2.25 bits per heavy atom. The van der Waals surface area contributed by atoms with Gasteiger partial charge in [0, 0.05) is 6.07 Å². The SMILES string of the molecule is CCCCOc1cc([N+](=O)[O-])cc(Cl)c1F. The van der Waals surface area contributed by atoms with Crippen LogP contribution in [0.15, 0.2) is 12.1 Å². The van der Waals surface area contributed by atoms with Crippen molar-refractivity contribution in [1.29, 1.82) is 0 Å². The van der Waals surface area contributed by atoms with Crippen molar-refractivity contribution in [3.8, 4) is 5.75 Å². The minimum absolute atomic E-state index is 0.173. The summed E-state index contributed by atoms with van der Waals surface area (Å²) in [5.41, 5.74) is -0.280. The van der Waals surface area contributed by atoms with Gasteiger partial charge in [-0.2, -0.15) is 0 Å². The van der Waals surface area contributed by atoms with Crippen LogP contribution >= 0.6 is 11.6 Å². The van der Waals surface area contributed by atoms with Crippen LogP contribution in [0.3, 0.4) is 0 Å². The maximum atomic E-state index is 13.4. The topological polar surface area (TPSA) is 52.4 Å². The molecular weight excluding hydrogens is 237 g/mol. The number of non-ortho nitro benzene ring substituents is 1. The zero-order valence-corrected chi connectivity index (χ0v) is 9.46. The van der Waals surface area contributed by atoms with Crippen LogP contribution in [0, 0.1) is 15.9 Å². The molecule has 6 heteroatoms. The van der Waals surface area contributed by atoms with Gasteiger partial charge in [-0.15, -0.1) is 0 Å². The average Bonchev–Trinajstić information content (AvgIpc) is 2.24. The lowest BCUT2D eigenvalue weighted by atomic mass is 10.3. The summed E-state index contributed by atoms with van der Waals surface area (Å²) in [5.74, 6) is -0.934. The molecule has 0 aliphatic heterocycles. The second kappa shape index (κ2) is 5.65. The van der Waals surface area contributed by atoms with Gasteiger partial charge >= 0.3 is 0 Å². The highest BCUT2D eigenvalue weighted by molar-refractivity contribution is 6.31. The first-order valence-electron chi connectivity index (χ1n) is 4.82. The third-order valence-electron chi connectivity index (χ3n) is 1.95. The first-order valence-corrected chi connectivity index (χ1v) is 5.20. The summed E-state index contributed by atoms with van der Waals surface area (Å²) in [6, 6.07) is 2.00. The van der Waals surface area contributed by atoms with Crippen LogP contribution in [0.1, 0.15) is 19.8 Å². The molecule has 88 valence electrons. The standard InChI is InChI=1S/C10H11ClFNO3/c1-2-3-4-16-9-6-7(13(14)15)5-8(11)10(9)12/h5-6H,2-4H2,1H3. The molecule has 0 bridgehead atoms. The largest absolute Gasteiger partial charge is 0.490 e. The van der Waals surface area contributed by atoms with E-state index < -0.39 is 10.7 Å². The van der Waals surface area contributed by atoms with E-state index in [0.29, 0.717) is 6.61 Å². The van der Waals surface area contributed by atoms with E-state index in [1.807, 2.05) is 6.92 Å². The number of rotatable bonds is 5. The number of halogens is 2. The van der Waals surface area contributed by atoms with Crippen LogP contribution in [-0.4, -0.2) is 11.5 Å². The van der Waals surface area contributed by atoms with Crippen LogP contribution in [-0.2, 0) is 0 Å². The molecule has 0 saturated carbocycles. The van der Waals surface area contributed by atoms with Gasteiger partial charge in [-0.1, -0.05) is 24.9 Å². The second-order valence-electron chi connectivity index (χ2n) is 3.20. The summed E-state index contributed by atoms with van der Waals surface area (Å²) < 4.78 is 18.5. The number of unbranched alkanes of at least 4 members (excludes halogenated alkanes) is 1. The van der Waals surface area contributed by atoms with Crippen molar-refractivity contribution >= 4 is 17.3 Å². The lowest BCUT2D eigenvalue weighted by Crippen LogP contribution is -2.00. The highest BCUT2D eigenvalue weighted by Gasteiger charge is 2.16. The number of hydrogen-bond donors (Lipinski definition) is 0. The maximum Gasteiger partial charge on any atom is 0.274 e. The number of nitro groups is 1. The third kappa shape index (κ3) is 3.06. The Labute approximate surface area is 97.1 Å². The number of nitro benzene ring substituents is 1. The lowest BCUT2D eigenvalue weighted by Gasteiger charge is -2.07. The number of nitrogens with zero attached hydrogens (tertiary/aromatic N) is 1. The van der Waals surface area contributed by atoms with Crippen LogP contribution in [0.4, 0.5) is 10.1 Å². The zero-order valence-electron chi connectivity index (χ0n) is 8.70. The zero-order chi connectivity index (χ0) is 12.1.